The molecule has 0 saturated carbocycles. The van der Waals surface area contributed by atoms with Crippen LogP contribution in [0.4, 0.5) is 0 Å². The molecule has 1 heterocycles. The van der Waals surface area contributed by atoms with E-state index in [4.69, 9.17) is 20.8 Å². The number of hydrogen-bond acceptors (Lipinski definition) is 4. The summed E-state index contributed by atoms with van der Waals surface area (Å²) in [7, 11) is 0. The number of fused-ring (bicyclic) bond motifs is 1. The van der Waals surface area contributed by atoms with E-state index in [9.17, 15) is 4.79 Å². The smallest absolute Gasteiger partial charge is 0.318 e. The van der Waals surface area contributed by atoms with Gasteiger partial charge in [-0.25, -0.2) is 4.98 Å². The van der Waals surface area contributed by atoms with Gasteiger partial charge in [-0.15, -0.1) is 0 Å². The molecule has 21 heavy (non-hydrogen) atoms. The van der Waals surface area contributed by atoms with E-state index < -0.39 is 5.92 Å². The highest BCUT2D eigenvalue weighted by atomic mass is 35.5. The topological polar surface area (TPSA) is 52.3 Å². The molecule has 0 aliphatic heterocycles. The van der Waals surface area contributed by atoms with Crippen LogP contribution in [0.15, 0.2) is 53.3 Å². The molecule has 3 rings (SSSR count). The van der Waals surface area contributed by atoms with Crippen LogP contribution in [-0.4, -0.2) is 11.0 Å². The first-order valence-corrected chi connectivity index (χ1v) is 6.82. The molecule has 1 aromatic heterocycles. The minimum absolute atomic E-state index is 0.333. The molecule has 0 aliphatic carbocycles. The number of halogens is 1. The van der Waals surface area contributed by atoms with Gasteiger partial charge in [-0.2, -0.15) is 0 Å². The van der Waals surface area contributed by atoms with Gasteiger partial charge in [-0.3, -0.25) is 4.79 Å². The van der Waals surface area contributed by atoms with E-state index in [1.165, 1.54) is 6.39 Å². The third kappa shape index (κ3) is 2.90. The first kappa shape index (κ1) is 13.6. The van der Waals surface area contributed by atoms with Crippen LogP contribution in [0.2, 0.25) is 5.02 Å². The summed E-state index contributed by atoms with van der Waals surface area (Å²) < 4.78 is 10.5. The van der Waals surface area contributed by atoms with Gasteiger partial charge in [0.25, 0.3) is 0 Å². The van der Waals surface area contributed by atoms with Gasteiger partial charge < -0.3 is 9.15 Å². The van der Waals surface area contributed by atoms with Gasteiger partial charge in [0.2, 0.25) is 0 Å². The number of carbonyl (C=O) groups is 1. The Bertz CT molecular complexity index is 780. The first-order valence-electron chi connectivity index (χ1n) is 6.44. The Kier molecular flexibility index (Phi) is 3.62. The lowest BCUT2D eigenvalue weighted by Crippen LogP contribution is -2.16. The average Bonchev–Trinajstić information content (AvgIpc) is 2.96. The maximum atomic E-state index is 12.2. The number of hydrogen-bond donors (Lipinski definition) is 0. The molecule has 0 radical (unpaired) electrons. The summed E-state index contributed by atoms with van der Waals surface area (Å²) in [6.45, 7) is 1.79. The van der Waals surface area contributed by atoms with Crippen molar-refractivity contribution in [2.24, 2.45) is 0 Å². The second kappa shape index (κ2) is 5.58. The van der Waals surface area contributed by atoms with Crippen LogP contribution >= 0.6 is 11.6 Å². The van der Waals surface area contributed by atoms with Gasteiger partial charge in [0, 0.05) is 5.02 Å². The number of benzene rings is 2. The van der Waals surface area contributed by atoms with E-state index in [1.54, 1.807) is 37.3 Å². The Morgan fingerprint density at radius 1 is 1.24 bits per heavy atom. The van der Waals surface area contributed by atoms with Crippen LogP contribution < -0.4 is 4.74 Å². The average molecular weight is 302 g/mol. The lowest BCUT2D eigenvalue weighted by Gasteiger charge is -2.11. The Morgan fingerprint density at radius 2 is 2.00 bits per heavy atom. The molecule has 3 aromatic rings. The standard InChI is InChI=1S/C16H12ClNO3/c1-10(11-2-7-15-14(8-11)18-9-20-15)16(19)21-13-5-3-12(17)4-6-13/h2-10H,1H3. The largest absolute Gasteiger partial charge is 0.443 e. The van der Waals surface area contributed by atoms with E-state index in [-0.39, 0.29) is 5.97 Å². The fraction of sp³-hybridized carbons (Fsp3) is 0.125. The normalized spacial score (nSPS) is 12.3. The quantitative estimate of drug-likeness (QED) is 0.537. The van der Waals surface area contributed by atoms with Crippen molar-refractivity contribution in [3.05, 3.63) is 59.4 Å². The van der Waals surface area contributed by atoms with Crippen molar-refractivity contribution < 1.29 is 13.9 Å². The van der Waals surface area contributed by atoms with Gasteiger partial charge in [-0.1, -0.05) is 17.7 Å². The zero-order valence-electron chi connectivity index (χ0n) is 11.2. The molecule has 1 atom stereocenters. The van der Waals surface area contributed by atoms with Crippen molar-refractivity contribution in [1.29, 1.82) is 0 Å². The zero-order valence-corrected chi connectivity index (χ0v) is 12.0. The van der Waals surface area contributed by atoms with Gasteiger partial charge >= 0.3 is 5.97 Å². The predicted molar refractivity (Wildman–Crippen MR) is 79.5 cm³/mol. The number of rotatable bonds is 3. The third-order valence-corrected chi connectivity index (χ3v) is 3.49. The van der Waals surface area contributed by atoms with Gasteiger partial charge in [0.05, 0.1) is 5.92 Å². The number of oxazole rings is 1. The van der Waals surface area contributed by atoms with E-state index in [2.05, 4.69) is 4.98 Å². The monoisotopic (exact) mass is 301 g/mol. The Balaban J connectivity index is 1.78. The SMILES string of the molecule is CC(C(=O)Oc1ccc(Cl)cc1)c1ccc2ocnc2c1. The van der Waals surface area contributed by atoms with E-state index >= 15 is 0 Å². The minimum Gasteiger partial charge on any atom is -0.443 e. The van der Waals surface area contributed by atoms with Crippen molar-refractivity contribution in [1.82, 2.24) is 4.98 Å². The Morgan fingerprint density at radius 3 is 2.76 bits per heavy atom. The van der Waals surface area contributed by atoms with Crippen LogP contribution in [0.3, 0.4) is 0 Å². The van der Waals surface area contributed by atoms with E-state index in [0.717, 1.165) is 11.1 Å². The molecular formula is C16H12ClNO3. The minimum atomic E-state index is -0.401. The number of esters is 1. The van der Waals surface area contributed by atoms with Crippen LogP contribution in [0, 0.1) is 0 Å². The molecule has 4 nitrogen and oxygen atoms in total. The van der Waals surface area contributed by atoms with E-state index in [1.807, 2.05) is 12.1 Å². The molecule has 0 saturated heterocycles. The maximum absolute atomic E-state index is 12.2. The van der Waals surface area contributed by atoms with Crippen LogP contribution in [-0.2, 0) is 4.79 Å². The molecule has 0 spiro atoms. The van der Waals surface area contributed by atoms with Crippen molar-refractivity contribution in [2.75, 3.05) is 0 Å². The summed E-state index contributed by atoms with van der Waals surface area (Å²) in [5.74, 6) is -0.263. The lowest BCUT2D eigenvalue weighted by atomic mass is 10.0. The predicted octanol–water partition coefficient (Wildman–Crippen LogP) is 4.19. The zero-order chi connectivity index (χ0) is 14.8. The first-order chi connectivity index (χ1) is 10.1. The molecule has 0 N–H and O–H groups in total. The molecule has 106 valence electrons. The summed E-state index contributed by atoms with van der Waals surface area (Å²) >= 11 is 5.80. The summed E-state index contributed by atoms with van der Waals surface area (Å²) in [6.07, 6.45) is 1.38. The lowest BCUT2D eigenvalue weighted by molar-refractivity contribution is -0.135. The number of ether oxygens (including phenoxy) is 1. The highest BCUT2D eigenvalue weighted by molar-refractivity contribution is 6.30. The number of aromatic nitrogens is 1. The van der Waals surface area contributed by atoms with Crippen LogP contribution in [0.1, 0.15) is 18.4 Å². The highest BCUT2D eigenvalue weighted by Crippen LogP contribution is 2.23. The van der Waals surface area contributed by atoms with Crippen molar-refractivity contribution >= 4 is 28.7 Å². The maximum Gasteiger partial charge on any atom is 0.318 e. The summed E-state index contributed by atoms with van der Waals surface area (Å²) in [4.78, 5) is 16.3. The van der Waals surface area contributed by atoms with Gasteiger partial charge in [0.15, 0.2) is 12.0 Å². The van der Waals surface area contributed by atoms with Crippen molar-refractivity contribution in [3.8, 4) is 5.75 Å². The number of carbonyl (C=O) groups excluding carboxylic acids is 1. The molecular weight excluding hydrogens is 290 g/mol. The summed E-state index contributed by atoms with van der Waals surface area (Å²) in [5, 5.41) is 0.597. The van der Waals surface area contributed by atoms with Crippen molar-refractivity contribution in [2.45, 2.75) is 12.8 Å². The second-order valence-electron chi connectivity index (χ2n) is 4.68. The molecule has 0 bridgehead atoms. The van der Waals surface area contributed by atoms with Gasteiger partial charge in [-0.05, 0) is 48.9 Å². The Hall–Kier alpha value is -2.33. The van der Waals surface area contributed by atoms with Gasteiger partial charge in [0.1, 0.15) is 11.3 Å². The molecule has 0 fully saturated rings. The summed E-state index contributed by atoms with van der Waals surface area (Å²) in [5.41, 5.74) is 2.24. The molecule has 2 aromatic carbocycles. The third-order valence-electron chi connectivity index (χ3n) is 3.24. The Labute approximate surface area is 126 Å². The second-order valence-corrected chi connectivity index (χ2v) is 5.11. The fourth-order valence-electron chi connectivity index (χ4n) is 1.99. The molecule has 0 aliphatic rings. The molecule has 5 heteroatoms. The fourth-order valence-corrected chi connectivity index (χ4v) is 2.11. The van der Waals surface area contributed by atoms with Crippen molar-refractivity contribution in [3.63, 3.8) is 0 Å². The highest BCUT2D eigenvalue weighted by Gasteiger charge is 2.18. The van der Waals surface area contributed by atoms with Crippen LogP contribution in [0.25, 0.3) is 11.1 Å². The molecule has 0 amide bonds. The number of nitrogens with zero attached hydrogens (tertiary/aromatic N) is 1. The van der Waals surface area contributed by atoms with E-state index in [0.29, 0.717) is 16.4 Å². The molecule has 1 unspecified atom stereocenters. The van der Waals surface area contributed by atoms with Crippen LogP contribution in [0.5, 0.6) is 5.75 Å². The summed E-state index contributed by atoms with van der Waals surface area (Å²) in [6, 6.07) is 12.1.